The first-order chi connectivity index (χ1) is 10.7. The Bertz CT molecular complexity index is 606. The number of benzene rings is 1. The Kier molecular flexibility index (Phi) is 9.01. The summed E-state index contributed by atoms with van der Waals surface area (Å²) in [6.45, 7) is 2.19. The number of nitrogens with zero attached hydrogens (tertiary/aromatic N) is 1. The topological polar surface area (TPSA) is 69.6 Å². The van der Waals surface area contributed by atoms with Crippen molar-refractivity contribution in [1.82, 2.24) is 4.90 Å². The molecule has 1 aromatic rings. The maximum absolute atomic E-state index is 12.1. The number of carboxylic acid groups (broad SMARTS) is 1. The third kappa shape index (κ3) is 6.27. The van der Waals surface area contributed by atoms with Crippen LogP contribution in [0.2, 0.25) is 0 Å². The van der Waals surface area contributed by atoms with Gasteiger partial charge in [0.25, 0.3) is 0 Å². The van der Waals surface area contributed by atoms with Crippen LogP contribution in [0.3, 0.4) is 0 Å². The van der Waals surface area contributed by atoms with Crippen molar-refractivity contribution in [3.8, 4) is 0 Å². The second-order valence-corrected chi connectivity index (χ2v) is 8.84. The Morgan fingerprint density at radius 1 is 1.26 bits per heavy atom. The summed E-state index contributed by atoms with van der Waals surface area (Å²) in [6.07, 6.45) is 1.05. The van der Waals surface area contributed by atoms with E-state index in [0.717, 1.165) is 22.0 Å². The average molecular weight is 656 g/mol. The van der Waals surface area contributed by atoms with Gasteiger partial charge in [0.05, 0.1) is 18.2 Å². The first-order valence-electron chi connectivity index (χ1n) is 7.01. The van der Waals surface area contributed by atoms with Gasteiger partial charge in [-0.1, -0.05) is 6.92 Å². The molecule has 1 rings (SSSR count). The van der Waals surface area contributed by atoms with Gasteiger partial charge in [-0.05, 0) is 106 Å². The van der Waals surface area contributed by atoms with Gasteiger partial charge in [-0.3, -0.25) is 9.59 Å². The minimum absolute atomic E-state index is 0.0803. The van der Waals surface area contributed by atoms with Crippen molar-refractivity contribution in [3.05, 3.63) is 22.3 Å². The minimum Gasteiger partial charge on any atom is -0.481 e. The monoisotopic (exact) mass is 656 g/mol. The lowest BCUT2D eigenvalue weighted by Gasteiger charge is -2.18. The highest BCUT2D eigenvalue weighted by Gasteiger charge is 2.22. The third-order valence-corrected chi connectivity index (χ3v) is 6.29. The molecule has 0 aliphatic heterocycles. The van der Waals surface area contributed by atoms with Crippen molar-refractivity contribution in [1.29, 1.82) is 0 Å². The largest absolute Gasteiger partial charge is 0.481 e. The first-order valence-corrected chi connectivity index (χ1v) is 10.2. The molecular formula is C15H19I3N2O3. The van der Waals surface area contributed by atoms with Crippen LogP contribution in [0, 0.1) is 16.6 Å². The van der Waals surface area contributed by atoms with Crippen LogP contribution >= 0.6 is 67.8 Å². The summed E-state index contributed by atoms with van der Waals surface area (Å²) >= 11 is 6.63. The molecule has 0 spiro atoms. The van der Waals surface area contributed by atoms with E-state index in [1.807, 2.05) is 27.1 Å². The fraction of sp³-hybridized carbons (Fsp3) is 0.467. The van der Waals surface area contributed by atoms with E-state index >= 15 is 0 Å². The van der Waals surface area contributed by atoms with Gasteiger partial charge >= 0.3 is 5.97 Å². The fourth-order valence-corrected chi connectivity index (χ4v) is 6.13. The van der Waals surface area contributed by atoms with Gasteiger partial charge in [0, 0.05) is 10.7 Å². The summed E-state index contributed by atoms with van der Waals surface area (Å²) in [5.41, 5.74) is 1.76. The van der Waals surface area contributed by atoms with Gasteiger partial charge < -0.3 is 15.3 Å². The van der Waals surface area contributed by atoms with Gasteiger partial charge in [0.15, 0.2) is 0 Å². The molecule has 2 N–H and O–H groups in total. The van der Waals surface area contributed by atoms with E-state index < -0.39 is 11.9 Å². The zero-order valence-electron chi connectivity index (χ0n) is 13.1. The second-order valence-electron chi connectivity index (χ2n) is 5.44. The van der Waals surface area contributed by atoms with Crippen molar-refractivity contribution in [2.24, 2.45) is 5.92 Å². The number of carboxylic acids is 1. The highest BCUT2D eigenvalue weighted by molar-refractivity contribution is 14.1. The summed E-state index contributed by atoms with van der Waals surface area (Å²) in [4.78, 5) is 25.2. The van der Waals surface area contributed by atoms with Crippen molar-refractivity contribution in [2.45, 2.75) is 19.8 Å². The summed E-state index contributed by atoms with van der Waals surface area (Å²) in [7, 11) is 3.68. The molecule has 0 bridgehead atoms. The number of hydrogen-bond donors (Lipinski definition) is 2. The Balaban J connectivity index is 3.16. The minimum atomic E-state index is -0.782. The number of hydrogen-bond acceptors (Lipinski definition) is 3. The molecule has 0 aromatic heterocycles. The summed E-state index contributed by atoms with van der Waals surface area (Å²) < 4.78 is 2.91. The number of aliphatic carboxylic acids is 1. The molecule has 0 saturated heterocycles. The number of anilines is 1. The molecule has 1 aromatic carbocycles. The number of rotatable bonds is 7. The van der Waals surface area contributed by atoms with E-state index in [-0.39, 0.29) is 5.91 Å². The lowest BCUT2D eigenvalue weighted by molar-refractivity contribution is -0.141. The van der Waals surface area contributed by atoms with Crippen molar-refractivity contribution < 1.29 is 14.7 Å². The summed E-state index contributed by atoms with van der Waals surface area (Å²) in [5, 5.41) is 12.3. The number of carbonyl (C=O) groups excluding carboxylic acids is 1. The molecule has 1 unspecified atom stereocenters. The smallest absolute Gasteiger partial charge is 0.306 e. The van der Waals surface area contributed by atoms with Crippen molar-refractivity contribution >= 4 is 85.3 Å². The number of halogens is 3. The first kappa shape index (κ1) is 21.4. The van der Waals surface area contributed by atoms with Gasteiger partial charge in [0.1, 0.15) is 0 Å². The molecule has 128 valence electrons. The van der Waals surface area contributed by atoms with E-state index in [9.17, 15) is 14.7 Å². The highest BCUT2D eigenvalue weighted by atomic mass is 127. The number of carbonyl (C=O) groups is 2. The molecule has 0 aliphatic carbocycles. The lowest BCUT2D eigenvalue weighted by atomic mass is 9.97. The van der Waals surface area contributed by atoms with E-state index in [4.69, 9.17) is 0 Å². The predicted molar refractivity (Wildman–Crippen MR) is 117 cm³/mol. The standard InChI is InChI=1S/C15H19I3N2O3/c1-4-8(15(22)23)5-9-10(16)6-11(17)14(13(9)18)19-12(21)7-20(2)3/h6,8H,4-5,7H2,1-3H3,(H,19,21)(H,22,23). The molecule has 23 heavy (non-hydrogen) atoms. The van der Waals surface area contributed by atoms with Crippen LogP contribution in [0.25, 0.3) is 0 Å². The SMILES string of the molecule is CCC(Cc1c(I)cc(I)c(NC(=O)CN(C)C)c1I)C(=O)O. The average Bonchev–Trinajstić information content (AvgIpc) is 2.42. The van der Waals surface area contributed by atoms with E-state index in [0.29, 0.717) is 19.4 Å². The summed E-state index contributed by atoms with van der Waals surface area (Å²) in [6, 6.07) is 1.98. The van der Waals surface area contributed by atoms with Crippen LogP contribution in [0.1, 0.15) is 18.9 Å². The van der Waals surface area contributed by atoms with E-state index in [1.54, 1.807) is 4.90 Å². The van der Waals surface area contributed by atoms with Gasteiger partial charge in [-0.25, -0.2) is 0 Å². The molecular weight excluding hydrogens is 637 g/mol. The molecule has 1 atom stereocenters. The van der Waals surface area contributed by atoms with Crippen LogP contribution in [-0.2, 0) is 16.0 Å². The zero-order valence-corrected chi connectivity index (χ0v) is 19.6. The van der Waals surface area contributed by atoms with Crippen LogP contribution in [-0.4, -0.2) is 42.5 Å². The lowest BCUT2D eigenvalue weighted by Crippen LogP contribution is -2.28. The predicted octanol–water partition coefficient (Wildman–Crippen LogP) is 3.65. The molecule has 0 fully saturated rings. The quantitative estimate of drug-likeness (QED) is 0.441. The molecule has 5 nitrogen and oxygen atoms in total. The molecule has 0 saturated carbocycles. The van der Waals surface area contributed by atoms with Crippen LogP contribution in [0.5, 0.6) is 0 Å². The Morgan fingerprint density at radius 3 is 2.35 bits per heavy atom. The van der Waals surface area contributed by atoms with E-state index in [1.165, 1.54) is 0 Å². The maximum atomic E-state index is 12.1. The molecule has 0 radical (unpaired) electrons. The maximum Gasteiger partial charge on any atom is 0.306 e. The molecule has 0 heterocycles. The van der Waals surface area contributed by atoms with Crippen LogP contribution in [0.4, 0.5) is 5.69 Å². The highest BCUT2D eigenvalue weighted by Crippen LogP contribution is 2.33. The third-order valence-electron chi connectivity index (χ3n) is 3.28. The molecule has 8 heteroatoms. The van der Waals surface area contributed by atoms with Gasteiger partial charge in [-0.15, -0.1) is 0 Å². The van der Waals surface area contributed by atoms with Gasteiger partial charge in [0.2, 0.25) is 5.91 Å². The van der Waals surface area contributed by atoms with Crippen molar-refractivity contribution in [3.63, 3.8) is 0 Å². The molecule has 0 aliphatic rings. The fourth-order valence-electron chi connectivity index (χ4n) is 2.05. The Hall–Kier alpha value is 0.310. The number of likely N-dealkylation sites (N-methyl/N-ethyl adjacent to an activating group) is 1. The Morgan fingerprint density at radius 2 is 1.87 bits per heavy atom. The van der Waals surface area contributed by atoms with E-state index in [2.05, 4.69) is 73.1 Å². The normalized spacial score (nSPS) is 12.3. The van der Waals surface area contributed by atoms with Crippen LogP contribution < -0.4 is 5.32 Å². The molecule has 1 amide bonds. The second kappa shape index (κ2) is 9.70. The van der Waals surface area contributed by atoms with Crippen LogP contribution in [0.15, 0.2) is 6.07 Å². The van der Waals surface area contributed by atoms with Gasteiger partial charge in [-0.2, -0.15) is 0 Å². The zero-order chi connectivity index (χ0) is 17.7. The Labute approximate surface area is 177 Å². The number of amides is 1. The van der Waals surface area contributed by atoms with Crippen molar-refractivity contribution in [2.75, 3.05) is 26.0 Å². The number of nitrogens with one attached hydrogen (secondary N) is 1. The summed E-state index contributed by atoms with van der Waals surface area (Å²) in [5.74, 6) is -1.28.